The third kappa shape index (κ3) is 2.53. The van der Waals surface area contributed by atoms with Crippen LogP contribution < -0.4 is 0 Å². The summed E-state index contributed by atoms with van der Waals surface area (Å²) in [6.07, 6.45) is 1.00. The van der Waals surface area contributed by atoms with Crippen LogP contribution >= 0.6 is 0 Å². The van der Waals surface area contributed by atoms with Crippen molar-refractivity contribution in [3.8, 4) is 0 Å². The zero-order valence-corrected chi connectivity index (χ0v) is 9.46. The van der Waals surface area contributed by atoms with Gasteiger partial charge < -0.3 is 4.74 Å². The predicted octanol–water partition coefficient (Wildman–Crippen LogP) is 0.580. The second-order valence-corrected chi connectivity index (χ2v) is 5.00. The van der Waals surface area contributed by atoms with E-state index in [0.717, 1.165) is 6.26 Å². The predicted molar refractivity (Wildman–Crippen MR) is 53.4 cm³/mol. The van der Waals surface area contributed by atoms with Crippen LogP contribution in [0.25, 0.3) is 0 Å². The first kappa shape index (κ1) is 11.6. The van der Waals surface area contributed by atoms with Gasteiger partial charge in [-0.3, -0.25) is 0 Å². The second kappa shape index (κ2) is 3.98. The Balaban J connectivity index is 3.47. The van der Waals surface area contributed by atoms with E-state index < -0.39 is 15.8 Å². The van der Waals surface area contributed by atoms with E-state index in [2.05, 4.69) is 9.72 Å². The summed E-state index contributed by atoms with van der Waals surface area (Å²) >= 11 is 0. The number of carbonyl (C=O) groups excluding carboxylic acids is 1. The molecule has 0 saturated carbocycles. The Morgan fingerprint density at radius 3 is 2.47 bits per heavy atom. The average Bonchev–Trinajstić information content (AvgIpc) is 2.15. The Bertz CT molecular complexity index is 493. The summed E-state index contributed by atoms with van der Waals surface area (Å²) in [6, 6.07) is 2.95. The van der Waals surface area contributed by atoms with E-state index in [-0.39, 0.29) is 10.6 Å². The number of methoxy groups -OCH3 is 1. The number of nitrogens with zero attached hydrogens (tertiary/aromatic N) is 1. The molecule has 1 rings (SSSR count). The van der Waals surface area contributed by atoms with Crippen molar-refractivity contribution in [3.05, 3.63) is 23.4 Å². The molecule has 0 aliphatic rings. The molecule has 82 valence electrons. The summed E-state index contributed by atoms with van der Waals surface area (Å²) in [6.45, 7) is 1.65. The zero-order chi connectivity index (χ0) is 11.6. The number of ether oxygens (including phenoxy) is 1. The minimum Gasteiger partial charge on any atom is -0.465 e. The van der Waals surface area contributed by atoms with E-state index in [0.29, 0.717) is 5.69 Å². The number of esters is 1. The number of hydrogen-bond donors (Lipinski definition) is 0. The summed E-state index contributed by atoms with van der Waals surface area (Å²) < 4.78 is 27.2. The fourth-order valence-corrected chi connectivity index (χ4v) is 1.94. The second-order valence-electron chi connectivity index (χ2n) is 3.07. The lowest BCUT2D eigenvalue weighted by atomic mass is 10.2. The standard InChI is InChI=1S/C9H11NO4S/c1-6-4-5-7(9(11)14-2)8(10-6)15(3,12)13/h4-5H,1-3H3. The van der Waals surface area contributed by atoms with Gasteiger partial charge in [-0.05, 0) is 19.1 Å². The summed E-state index contributed by atoms with van der Waals surface area (Å²) in [4.78, 5) is 15.1. The molecule has 0 unspecified atom stereocenters. The van der Waals surface area contributed by atoms with Gasteiger partial charge in [-0.25, -0.2) is 18.2 Å². The van der Waals surface area contributed by atoms with Crippen LogP contribution in [0.2, 0.25) is 0 Å². The van der Waals surface area contributed by atoms with Crippen molar-refractivity contribution in [1.29, 1.82) is 0 Å². The first-order valence-corrected chi connectivity index (χ1v) is 6.01. The van der Waals surface area contributed by atoms with Crippen LogP contribution in [0.3, 0.4) is 0 Å². The molecule has 0 aromatic carbocycles. The van der Waals surface area contributed by atoms with Gasteiger partial charge in [0.1, 0.15) is 0 Å². The van der Waals surface area contributed by atoms with Gasteiger partial charge in [-0.1, -0.05) is 0 Å². The molecule has 0 N–H and O–H groups in total. The third-order valence-corrected chi connectivity index (χ3v) is 2.77. The smallest absolute Gasteiger partial charge is 0.340 e. The molecule has 0 radical (unpaired) electrons. The number of sulfone groups is 1. The van der Waals surface area contributed by atoms with Gasteiger partial charge in [0, 0.05) is 11.9 Å². The van der Waals surface area contributed by atoms with Crippen LogP contribution in [-0.2, 0) is 14.6 Å². The summed E-state index contributed by atoms with van der Waals surface area (Å²) in [5.41, 5.74) is 0.494. The highest BCUT2D eigenvalue weighted by molar-refractivity contribution is 7.90. The van der Waals surface area contributed by atoms with Gasteiger partial charge in [0.2, 0.25) is 0 Å². The van der Waals surface area contributed by atoms with Crippen molar-refractivity contribution in [2.24, 2.45) is 0 Å². The quantitative estimate of drug-likeness (QED) is 0.693. The lowest BCUT2D eigenvalue weighted by molar-refractivity contribution is 0.0595. The maximum atomic E-state index is 11.4. The molecule has 6 heteroatoms. The van der Waals surface area contributed by atoms with E-state index >= 15 is 0 Å². The van der Waals surface area contributed by atoms with Crippen molar-refractivity contribution in [3.63, 3.8) is 0 Å². The number of aromatic nitrogens is 1. The van der Waals surface area contributed by atoms with Crippen molar-refractivity contribution >= 4 is 15.8 Å². The molecule has 15 heavy (non-hydrogen) atoms. The summed E-state index contributed by atoms with van der Waals surface area (Å²) in [5, 5.41) is -0.241. The molecule has 0 aliphatic heterocycles. The monoisotopic (exact) mass is 229 g/mol. The molecule has 0 saturated heterocycles. The van der Waals surface area contributed by atoms with Crippen LogP contribution in [0.15, 0.2) is 17.2 Å². The van der Waals surface area contributed by atoms with Gasteiger partial charge in [0.25, 0.3) is 0 Å². The van der Waals surface area contributed by atoms with E-state index in [1.165, 1.54) is 13.2 Å². The number of hydrogen-bond acceptors (Lipinski definition) is 5. The highest BCUT2D eigenvalue weighted by Gasteiger charge is 2.20. The zero-order valence-electron chi connectivity index (χ0n) is 8.64. The van der Waals surface area contributed by atoms with E-state index in [9.17, 15) is 13.2 Å². The molecule has 0 amide bonds. The minimum atomic E-state index is -3.52. The summed E-state index contributed by atoms with van der Waals surface area (Å²) in [5.74, 6) is -0.706. The third-order valence-electron chi connectivity index (χ3n) is 1.76. The highest BCUT2D eigenvalue weighted by Crippen LogP contribution is 2.14. The fourth-order valence-electron chi connectivity index (χ4n) is 1.08. The molecule has 0 fully saturated rings. The molecule has 0 aliphatic carbocycles. The first-order valence-electron chi connectivity index (χ1n) is 4.12. The van der Waals surface area contributed by atoms with Crippen molar-refractivity contribution in [1.82, 2.24) is 4.98 Å². The molecule has 0 spiro atoms. The maximum Gasteiger partial charge on any atom is 0.340 e. The van der Waals surface area contributed by atoms with Gasteiger partial charge in [0.15, 0.2) is 14.9 Å². The van der Waals surface area contributed by atoms with Crippen LogP contribution in [0.1, 0.15) is 16.1 Å². The van der Waals surface area contributed by atoms with E-state index in [1.54, 1.807) is 13.0 Å². The Morgan fingerprint density at radius 2 is 2.00 bits per heavy atom. The number of carbonyl (C=O) groups is 1. The molecule has 1 aromatic rings. The molecule has 5 nitrogen and oxygen atoms in total. The first-order chi connectivity index (χ1) is 6.86. The molecular formula is C9H11NO4S. The average molecular weight is 229 g/mol. The number of aryl methyl sites for hydroxylation is 1. The molecule has 0 atom stereocenters. The van der Waals surface area contributed by atoms with Crippen molar-refractivity contribution < 1.29 is 17.9 Å². The van der Waals surface area contributed by atoms with Crippen LogP contribution in [0, 0.1) is 6.92 Å². The number of rotatable bonds is 2. The number of pyridine rings is 1. The Morgan fingerprint density at radius 1 is 1.40 bits per heavy atom. The topological polar surface area (TPSA) is 73.3 Å². The molecule has 1 heterocycles. The SMILES string of the molecule is COC(=O)c1ccc(C)nc1S(C)(=O)=O. The highest BCUT2D eigenvalue weighted by atomic mass is 32.2. The van der Waals surface area contributed by atoms with Crippen LogP contribution in [0.5, 0.6) is 0 Å². The molecule has 0 bridgehead atoms. The van der Waals surface area contributed by atoms with Crippen molar-refractivity contribution in [2.45, 2.75) is 11.9 Å². The normalized spacial score (nSPS) is 11.1. The maximum absolute atomic E-state index is 11.4. The van der Waals surface area contributed by atoms with Crippen LogP contribution in [0.4, 0.5) is 0 Å². The Kier molecular flexibility index (Phi) is 3.09. The van der Waals surface area contributed by atoms with E-state index in [1.807, 2.05) is 0 Å². The van der Waals surface area contributed by atoms with Gasteiger partial charge in [-0.2, -0.15) is 0 Å². The van der Waals surface area contributed by atoms with Gasteiger partial charge >= 0.3 is 5.97 Å². The lowest BCUT2D eigenvalue weighted by Crippen LogP contribution is -2.12. The fraction of sp³-hybridized carbons (Fsp3) is 0.333. The molecular weight excluding hydrogens is 218 g/mol. The van der Waals surface area contributed by atoms with E-state index in [4.69, 9.17) is 0 Å². The lowest BCUT2D eigenvalue weighted by Gasteiger charge is -2.05. The van der Waals surface area contributed by atoms with Crippen LogP contribution in [-0.4, -0.2) is 32.7 Å². The van der Waals surface area contributed by atoms with Gasteiger partial charge in [-0.15, -0.1) is 0 Å². The minimum absolute atomic E-state index is 0.0365. The Labute approximate surface area is 88.0 Å². The largest absolute Gasteiger partial charge is 0.465 e. The van der Waals surface area contributed by atoms with Crippen molar-refractivity contribution in [2.75, 3.05) is 13.4 Å². The summed E-state index contributed by atoms with van der Waals surface area (Å²) in [7, 11) is -2.33. The Hall–Kier alpha value is -1.43. The molecule has 1 aromatic heterocycles. The van der Waals surface area contributed by atoms with Gasteiger partial charge in [0.05, 0.1) is 12.7 Å².